The number of hydrogen-bond donors (Lipinski definition) is 2. The Bertz CT molecular complexity index is 1540. The zero-order valence-electron chi connectivity index (χ0n) is 18.7. The first-order chi connectivity index (χ1) is 17.4. The highest BCUT2D eigenvalue weighted by Crippen LogP contribution is 2.20. The van der Waals surface area contributed by atoms with Crippen molar-refractivity contribution in [3.05, 3.63) is 99.3 Å². The van der Waals surface area contributed by atoms with E-state index in [1.165, 1.54) is 17.0 Å². The second-order valence-corrected chi connectivity index (χ2v) is 8.10. The minimum Gasteiger partial charge on any atom is -0.345 e. The second kappa shape index (κ2) is 10.8. The van der Waals surface area contributed by atoms with Gasteiger partial charge in [0.1, 0.15) is 17.0 Å². The van der Waals surface area contributed by atoms with E-state index in [1.54, 1.807) is 48.5 Å². The molecule has 1 unspecified atom stereocenters. The van der Waals surface area contributed by atoms with E-state index in [0.717, 1.165) is 6.07 Å². The highest BCUT2D eigenvalue weighted by Gasteiger charge is 2.23. The minimum atomic E-state index is -0.903. The number of amides is 2. The number of benzene rings is 1. The van der Waals surface area contributed by atoms with Gasteiger partial charge >= 0.3 is 0 Å². The van der Waals surface area contributed by atoms with Gasteiger partial charge in [-0.25, -0.2) is 14.4 Å². The molecule has 0 aliphatic heterocycles. The zero-order chi connectivity index (χ0) is 25.7. The number of rotatable bonds is 7. The van der Waals surface area contributed by atoms with Crippen molar-refractivity contribution in [2.24, 2.45) is 0 Å². The average molecular weight is 504 g/mol. The van der Waals surface area contributed by atoms with E-state index in [9.17, 15) is 18.8 Å². The number of nitrogens with zero attached hydrogens (tertiary/aromatic N) is 3. The Morgan fingerprint density at radius 1 is 1.17 bits per heavy atom. The smallest absolute Gasteiger partial charge is 0.257 e. The molecule has 36 heavy (non-hydrogen) atoms. The van der Waals surface area contributed by atoms with E-state index < -0.39 is 34.3 Å². The van der Waals surface area contributed by atoms with Crippen molar-refractivity contribution in [2.75, 3.05) is 5.32 Å². The Hall–Kier alpha value is -4.55. The molecule has 4 aromatic rings. The van der Waals surface area contributed by atoms with Crippen molar-refractivity contribution in [1.82, 2.24) is 19.9 Å². The van der Waals surface area contributed by atoms with Gasteiger partial charge in [-0.05, 0) is 23.8 Å². The maximum Gasteiger partial charge on any atom is 0.257 e. The van der Waals surface area contributed by atoms with Crippen molar-refractivity contribution >= 4 is 40.3 Å². The summed E-state index contributed by atoms with van der Waals surface area (Å²) in [6.07, 6.45) is 8.08. The number of hydrogen-bond acceptors (Lipinski definition) is 5. The van der Waals surface area contributed by atoms with E-state index in [-0.39, 0.29) is 29.6 Å². The molecule has 0 bridgehead atoms. The number of fused-ring (bicyclic) bond motifs is 1. The first-order valence-electron chi connectivity index (χ1n) is 10.8. The normalized spacial score (nSPS) is 11.5. The van der Waals surface area contributed by atoms with Crippen LogP contribution < -0.4 is 16.1 Å². The number of aromatic nitrogens is 3. The maximum atomic E-state index is 14.1. The Kier molecular flexibility index (Phi) is 7.37. The number of nitrogens with one attached hydrogen (secondary N) is 2. The summed E-state index contributed by atoms with van der Waals surface area (Å²) in [7, 11) is 0. The second-order valence-electron chi connectivity index (χ2n) is 7.74. The molecule has 1 atom stereocenters. The van der Waals surface area contributed by atoms with Crippen molar-refractivity contribution in [3.8, 4) is 12.3 Å². The van der Waals surface area contributed by atoms with E-state index in [4.69, 9.17) is 18.0 Å². The lowest BCUT2D eigenvalue weighted by molar-refractivity contribution is -0.116. The number of halogens is 2. The molecule has 1 aromatic carbocycles. The van der Waals surface area contributed by atoms with Crippen LogP contribution in [0.5, 0.6) is 0 Å². The fourth-order valence-electron chi connectivity index (χ4n) is 3.63. The van der Waals surface area contributed by atoms with Gasteiger partial charge in [-0.2, -0.15) is 0 Å². The van der Waals surface area contributed by atoms with Crippen LogP contribution in [0.15, 0.2) is 71.8 Å². The number of terminal acetylenes is 1. The van der Waals surface area contributed by atoms with Gasteiger partial charge in [-0.1, -0.05) is 53.9 Å². The fraction of sp³-hybridized carbons (Fsp3) is 0.115. The molecule has 0 saturated heterocycles. The minimum absolute atomic E-state index is 0.0411. The van der Waals surface area contributed by atoms with Gasteiger partial charge in [0.25, 0.3) is 5.91 Å². The maximum absolute atomic E-state index is 14.1. The lowest BCUT2D eigenvalue weighted by atomic mass is 10.0. The Morgan fingerprint density at radius 3 is 2.61 bits per heavy atom. The van der Waals surface area contributed by atoms with Crippen LogP contribution in [0.25, 0.3) is 11.0 Å². The SMILES string of the molecule is C#CCn1cc(C(=O)NC(CC(=O)Nc2ccccn2)c2ccccc2)c(=O)c2cc(F)c(Cl)nc21. The molecule has 0 aliphatic rings. The van der Waals surface area contributed by atoms with Gasteiger partial charge in [0.2, 0.25) is 11.3 Å². The molecule has 3 heterocycles. The summed E-state index contributed by atoms with van der Waals surface area (Å²) in [6.45, 7) is -0.0411. The lowest BCUT2D eigenvalue weighted by Crippen LogP contribution is -2.35. The summed E-state index contributed by atoms with van der Waals surface area (Å²) in [4.78, 5) is 47.1. The van der Waals surface area contributed by atoms with Crippen LogP contribution in [-0.2, 0) is 11.3 Å². The van der Waals surface area contributed by atoms with Crippen molar-refractivity contribution in [2.45, 2.75) is 19.0 Å². The van der Waals surface area contributed by atoms with Gasteiger partial charge in [-0.3, -0.25) is 14.4 Å². The van der Waals surface area contributed by atoms with Gasteiger partial charge in [0.15, 0.2) is 11.0 Å². The topological polar surface area (TPSA) is 106 Å². The summed E-state index contributed by atoms with van der Waals surface area (Å²) < 4.78 is 15.5. The van der Waals surface area contributed by atoms with Gasteiger partial charge in [0.05, 0.1) is 24.4 Å². The predicted molar refractivity (Wildman–Crippen MR) is 134 cm³/mol. The van der Waals surface area contributed by atoms with Crippen LogP contribution in [0.1, 0.15) is 28.4 Å². The monoisotopic (exact) mass is 503 g/mol. The largest absolute Gasteiger partial charge is 0.345 e. The molecule has 180 valence electrons. The third-order valence-corrected chi connectivity index (χ3v) is 5.56. The number of carbonyl (C=O) groups excluding carboxylic acids is 2. The van der Waals surface area contributed by atoms with E-state index in [0.29, 0.717) is 11.4 Å². The summed E-state index contributed by atoms with van der Waals surface area (Å²) in [5, 5.41) is 4.85. The third kappa shape index (κ3) is 5.40. The van der Waals surface area contributed by atoms with Crippen LogP contribution in [0.2, 0.25) is 5.15 Å². The van der Waals surface area contributed by atoms with Crippen LogP contribution >= 0.6 is 11.6 Å². The highest BCUT2D eigenvalue weighted by molar-refractivity contribution is 6.29. The molecule has 10 heteroatoms. The molecule has 0 fully saturated rings. The Morgan fingerprint density at radius 2 is 1.92 bits per heavy atom. The molecule has 0 spiro atoms. The highest BCUT2D eigenvalue weighted by atomic mass is 35.5. The third-order valence-electron chi connectivity index (χ3n) is 5.29. The summed E-state index contributed by atoms with van der Waals surface area (Å²) in [5.41, 5.74) is -0.336. The summed E-state index contributed by atoms with van der Waals surface area (Å²) in [5.74, 6) is 0.706. The van der Waals surface area contributed by atoms with Gasteiger partial charge in [-0.15, -0.1) is 6.42 Å². The van der Waals surface area contributed by atoms with Crippen molar-refractivity contribution < 1.29 is 14.0 Å². The molecular weight excluding hydrogens is 485 g/mol. The van der Waals surface area contributed by atoms with Crippen LogP contribution in [0.3, 0.4) is 0 Å². The van der Waals surface area contributed by atoms with E-state index >= 15 is 0 Å². The molecule has 0 radical (unpaired) electrons. The van der Waals surface area contributed by atoms with Gasteiger partial charge < -0.3 is 15.2 Å². The molecule has 2 amide bonds. The standard InChI is InChI=1S/C26H19ClFN5O3/c1-2-12-33-15-18(23(35)17-13-19(28)24(27)32-25(17)33)26(36)30-20(16-8-4-3-5-9-16)14-22(34)31-21-10-6-7-11-29-21/h1,3-11,13,15,20H,12,14H2,(H,30,36)(H,29,31,34). The number of carbonyl (C=O) groups is 2. The molecular formula is C26H19ClFN5O3. The molecule has 4 rings (SSSR count). The summed E-state index contributed by atoms with van der Waals surface area (Å²) in [6, 6.07) is 14.0. The van der Waals surface area contributed by atoms with Crippen LogP contribution in [0.4, 0.5) is 10.2 Å². The van der Waals surface area contributed by atoms with Crippen LogP contribution in [-0.4, -0.2) is 26.3 Å². The van der Waals surface area contributed by atoms with Crippen molar-refractivity contribution in [1.29, 1.82) is 0 Å². The van der Waals surface area contributed by atoms with Crippen LogP contribution in [0, 0.1) is 18.2 Å². The fourth-order valence-corrected chi connectivity index (χ4v) is 3.77. The Labute approximate surface area is 210 Å². The molecule has 0 saturated carbocycles. The quantitative estimate of drug-likeness (QED) is 0.295. The van der Waals surface area contributed by atoms with E-state index in [1.807, 2.05) is 0 Å². The first kappa shape index (κ1) is 24.6. The van der Waals surface area contributed by atoms with Crippen molar-refractivity contribution in [3.63, 3.8) is 0 Å². The zero-order valence-corrected chi connectivity index (χ0v) is 19.5. The van der Waals surface area contributed by atoms with E-state index in [2.05, 4.69) is 26.5 Å². The van der Waals surface area contributed by atoms with Gasteiger partial charge in [0, 0.05) is 12.4 Å². The average Bonchev–Trinajstić information content (AvgIpc) is 2.87. The molecule has 8 nitrogen and oxygen atoms in total. The summed E-state index contributed by atoms with van der Waals surface area (Å²) >= 11 is 5.78. The first-order valence-corrected chi connectivity index (χ1v) is 11.1. The molecule has 2 N–H and O–H groups in total. The lowest BCUT2D eigenvalue weighted by Gasteiger charge is -2.19. The molecule has 0 aliphatic carbocycles. The molecule has 3 aromatic heterocycles. The predicted octanol–water partition coefficient (Wildman–Crippen LogP) is 3.72. The number of anilines is 1. The number of pyridine rings is 3. The Balaban J connectivity index is 1.68.